The number of para-hydroxylation sites is 1. The average molecular weight is 316 g/mol. The maximum atomic E-state index is 12.1. The van der Waals surface area contributed by atoms with Crippen LogP contribution in [0.3, 0.4) is 0 Å². The highest BCUT2D eigenvalue weighted by molar-refractivity contribution is 7.09. The minimum Gasteiger partial charge on any atom is -0.493 e. The van der Waals surface area contributed by atoms with E-state index in [4.69, 9.17) is 4.74 Å². The number of aryl methyl sites for hydroxylation is 1. The SMILES string of the molecule is C[C@H](NC(=O)CCCc1nccs1)[C@@H]1COc2ccccc21. The number of benzene rings is 1. The van der Waals surface area contributed by atoms with Crippen molar-refractivity contribution in [2.75, 3.05) is 6.61 Å². The summed E-state index contributed by atoms with van der Waals surface area (Å²) in [6, 6.07) is 8.14. The highest BCUT2D eigenvalue weighted by Gasteiger charge is 2.29. The van der Waals surface area contributed by atoms with Gasteiger partial charge in [0.1, 0.15) is 5.75 Å². The molecule has 0 radical (unpaired) electrons. The van der Waals surface area contributed by atoms with Gasteiger partial charge >= 0.3 is 0 Å². The quantitative estimate of drug-likeness (QED) is 0.890. The Kier molecular flexibility index (Phi) is 4.73. The van der Waals surface area contributed by atoms with Crippen LogP contribution in [0.15, 0.2) is 35.8 Å². The summed E-state index contributed by atoms with van der Waals surface area (Å²) in [7, 11) is 0. The lowest BCUT2D eigenvalue weighted by atomic mass is 9.94. The molecule has 1 aromatic heterocycles. The summed E-state index contributed by atoms with van der Waals surface area (Å²) in [5, 5.41) is 6.17. The minimum absolute atomic E-state index is 0.0796. The number of hydrogen-bond acceptors (Lipinski definition) is 4. The number of thiazole rings is 1. The summed E-state index contributed by atoms with van der Waals surface area (Å²) in [6.45, 7) is 2.69. The third-order valence-corrected chi connectivity index (χ3v) is 4.85. The van der Waals surface area contributed by atoms with Gasteiger partial charge in [-0.25, -0.2) is 4.98 Å². The molecule has 0 spiro atoms. The van der Waals surface area contributed by atoms with Gasteiger partial charge in [-0.15, -0.1) is 11.3 Å². The first-order chi connectivity index (χ1) is 10.7. The van der Waals surface area contributed by atoms with E-state index in [0.29, 0.717) is 13.0 Å². The summed E-state index contributed by atoms with van der Waals surface area (Å²) in [6.07, 6.45) is 4.05. The topological polar surface area (TPSA) is 51.2 Å². The van der Waals surface area contributed by atoms with Crippen LogP contribution in [-0.2, 0) is 11.2 Å². The van der Waals surface area contributed by atoms with Crippen molar-refractivity contribution in [1.82, 2.24) is 10.3 Å². The predicted octanol–water partition coefficient (Wildman–Crippen LogP) is 3.15. The fourth-order valence-electron chi connectivity index (χ4n) is 2.80. The zero-order valence-electron chi connectivity index (χ0n) is 12.6. The lowest BCUT2D eigenvalue weighted by Gasteiger charge is -2.19. The Bertz CT molecular complexity index is 627. The number of hydrogen-bond donors (Lipinski definition) is 1. The van der Waals surface area contributed by atoms with Crippen LogP contribution in [0.2, 0.25) is 0 Å². The molecular weight excluding hydrogens is 296 g/mol. The largest absolute Gasteiger partial charge is 0.493 e. The molecule has 1 aliphatic heterocycles. The Labute approximate surface area is 134 Å². The number of carbonyl (C=O) groups excluding carboxylic acids is 1. The number of fused-ring (bicyclic) bond motifs is 1. The summed E-state index contributed by atoms with van der Waals surface area (Å²) in [5.41, 5.74) is 1.19. The van der Waals surface area contributed by atoms with E-state index in [1.165, 1.54) is 5.56 Å². The summed E-state index contributed by atoms with van der Waals surface area (Å²) < 4.78 is 5.69. The van der Waals surface area contributed by atoms with Gasteiger partial charge in [-0.3, -0.25) is 4.79 Å². The molecule has 0 saturated carbocycles. The lowest BCUT2D eigenvalue weighted by molar-refractivity contribution is -0.121. The molecule has 2 aromatic rings. The van der Waals surface area contributed by atoms with Gasteiger partial charge in [0.15, 0.2) is 0 Å². The van der Waals surface area contributed by atoms with Crippen LogP contribution in [0.1, 0.15) is 36.3 Å². The van der Waals surface area contributed by atoms with Crippen LogP contribution < -0.4 is 10.1 Å². The third-order valence-electron chi connectivity index (χ3n) is 4.01. The van der Waals surface area contributed by atoms with Gasteiger partial charge < -0.3 is 10.1 Å². The molecule has 1 aromatic carbocycles. The fourth-order valence-corrected chi connectivity index (χ4v) is 3.47. The zero-order chi connectivity index (χ0) is 15.4. The predicted molar refractivity (Wildman–Crippen MR) is 87.3 cm³/mol. The van der Waals surface area contributed by atoms with Gasteiger partial charge in [0.2, 0.25) is 5.91 Å². The van der Waals surface area contributed by atoms with Gasteiger partial charge in [0.05, 0.1) is 11.6 Å². The van der Waals surface area contributed by atoms with Crippen LogP contribution in [0.4, 0.5) is 0 Å². The van der Waals surface area contributed by atoms with Crippen molar-refractivity contribution in [1.29, 1.82) is 0 Å². The molecule has 22 heavy (non-hydrogen) atoms. The number of nitrogens with one attached hydrogen (secondary N) is 1. The number of nitrogens with zero attached hydrogens (tertiary/aromatic N) is 1. The van der Waals surface area contributed by atoms with Crippen molar-refractivity contribution in [3.63, 3.8) is 0 Å². The van der Waals surface area contributed by atoms with Gasteiger partial charge in [0.25, 0.3) is 0 Å². The monoisotopic (exact) mass is 316 g/mol. The van der Waals surface area contributed by atoms with Crippen LogP contribution in [-0.4, -0.2) is 23.5 Å². The van der Waals surface area contributed by atoms with Crippen LogP contribution in [0, 0.1) is 0 Å². The van der Waals surface area contributed by atoms with E-state index in [1.54, 1.807) is 17.5 Å². The first kappa shape index (κ1) is 15.0. The van der Waals surface area contributed by atoms with Gasteiger partial charge in [-0.1, -0.05) is 18.2 Å². The molecule has 2 heterocycles. The van der Waals surface area contributed by atoms with Crippen molar-refractivity contribution in [2.45, 2.75) is 38.1 Å². The number of aromatic nitrogens is 1. The fraction of sp³-hybridized carbons (Fsp3) is 0.412. The Morgan fingerprint density at radius 1 is 1.50 bits per heavy atom. The molecule has 5 heteroatoms. The first-order valence-corrected chi connectivity index (χ1v) is 8.51. The Morgan fingerprint density at radius 3 is 3.18 bits per heavy atom. The smallest absolute Gasteiger partial charge is 0.220 e. The molecule has 1 N–H and O–H groups in total. The number of amides is 1. The van der Waals surface area contributed by atoms with Crippen LogP contribution in [0.25, 0.3) is 0 Å². The molecule has 1 amide bonds. The second-order valence-corrected chi connectivity index (χ2v) is 6.57. The molecule has 1 aliphatic rings. The lowest BCUT2D eigenvalue weighted by Crippen LogP contribution is -2.37. The maximum absolute atomic E-state index is 12.1. The van der Waals surface area contributed by atoms with Gasteiger partial charge in [0, 0.05) is 35.5 Å². The summed E-state index contributed by atoms with van der Waals surface area (Å²) in [5.74, 6) is 1.28. The van der Waals surface area contributed by atoms with Crippen molar-refractivity contribution >= 4 is 17.2 Å². The molecular formula is C17H20N2O2S. The molecule has 2 atom stereocenters. The molecule has 0 bridgehead atoms. The third kappa shape index (κ3) is 3.47. The Hall–Kier alpha value is -1.88. The van der Waals surface area contributed by atoms with E-state index < -0.39 is 0 Å². The molecule has 4 nitrogen and oxygen atoms in total. The Balaban J connectivity index is 1.47. The standard InChI is InChI=1S/C17H20N2O2S/c1-12(14-11-21-15-6-3-2-5-13(14)15)19-16(20)7-4-8-17-18-9-10-22-17/h2-3,5-6,9-10,12,14H,4,7-8,11H2,1H3,(H,19,20)/t12-,14-/m0/s1. The second-order valence-electron chi connectivity index (χ2n) is 5.59. The zero-order valence-corrected chi connectivity index (χ0v) is 13.4. The van der Waals surface area contributed by atoms with E-state index in [0.717, 1.165) is 23.6 Å². The van der Waals surface area contributed by atoms with E-state index in [-0.39, 0.29) is 17.9 Å². The molecule has 0 saturated heterocycles. The summed E-state index contributed by atoms with van der Waals surface area (Å²) in [4.78, 5) is 16.3. The van der Waals surface area contributed by atoms with Crippen molar-refractivity contribution < 1.29 is 9.53 Å². The van der Waals surface area contributed by atoms with Crippen molar-refractivity contribution in [3.8, 4) is 5.75 Å². The highest BCUT2D eigenvalue weighted by Crippen LogP contribution is 2.35. The van der Waals surface area contributed by atoms with E-state index >= 15 is 0 Å². The van der Waals surface area contributed by atoms with Gasteiger partial charge in [-0.05, 0) is 25.8 Å². The van der Waals surface area contributed by atoms with E-state index in [2.05, 4.69) is 23.3 Å². The minimum atomic E-state index is 0.0796. The molecule has 0 fully saturated rings. The van der Waals surface area contributed by atoms with Crippen LogP contribution >= 0.6 is 11.3 Å². The Morgan fingerprint density at radius 2 is 2.36 bits per heavy atom. The molecule has 0 aliphatic carbocycles. The van der Waals surface area contributed by atoms with Gasteiger partial charge in [-0.2, -0.15) is 0 Å². The summed E-state index contributed by atoms with van der Waals surface area (Å²) >= 11 is 1.64. The van der Waals surface area contributed by atoms with Crippen molar-refractivity contribution in [2.24, 2.45) is 0 Å². The normalized spacial score (nSPS) is 17.6. The average Bonchev–Trinajstić information content (AvgIpc) is 3.16. The van der Waals surface area contributed by atoms with E-state index in [1.807, 2.05) is 23.6 Å². The first-order valence-electron chi connectivity index (χ1n) is 7.63. The maximum Gasteiger partial charge on any atom is 0.220 e. The molecule has 116 valence electrons. The molecule has 3 rings (SSSR count). The van der Waals surface area contributed by atoms with Crippen molar-refractivity contribution in [3.05, 3.63) is 46.4 Å². The number of rotatable bonds is 6. The second kappa shape index (κ2) is 6.92. The highest BCUT2D eigenvalue weighted by atomic mass is 32.1. The number of carbonyl (C=O) groups is 1. The number of ether oxygens (including phenoxy) is 1. The molecule has 0 unspecified atom stereocenters. The van der Waals surface area contributed by atoms with E-state index in [9.17, 15) is 4.79 Å². The van der Waals surface area contributed by atoms with Crippen LogP contribution in [0.5, 0.6) is 5.75 Å².